The Morgan fingerprint density at radius 3 is 2.89 bits per heavy atom. The number of thioether (sulfide) groups is 1. The monoisotopic (exact) mass is 325 g/mol. The molecule has 0 unspecified atom stereocenters. The van der Waals surface area contributed by atoms with Gasteiger partial charge in [-0.25, -0.2) is 9.97 Å². The second-order valence-electron chi connectivity index (χ2n) is 3.38. The van der Waals surface area contributed by atoms with Crippen molar-refractivity contribution in [3.8, 4) is 0 Å². The molecular formula is C11H8BrN3O2S. The van der Waals surface area contributed by atoms with Gasteiger partial charge in [0.05, 0.1) is 14.4 Å². The fraction of sp³-hybridized carbons (Fsp3) is 0.0909. The molecule has 1 aromatic carbocycles. The summed E-state index contributed by atoms with van der Waals surface area (Å²) in [6, 6.07) is 6.91. The third-order valence-electron chi connectivity index (χ3n) is 2.15. The van der Waals surface area contributed by atoms with Gasteiger partial charge >= 0.3 is 0 Å². The summed E-state index contributed by atoms with van der Waals surface area (Å²) in [5.74, 6) is 0.630. The molecule has 5 nitrogen and oxygen atoms in total. The van der Waals surface area contributed by atoms with Crippen molar-refractivity contribution in [2.24, 2.45) is 0 Å². The number of rotatable bonds is 4. The van der Waals surface area contributed by atoms with Gasteiger partial charge in [-0.3, -0.25) is 10.1 Å². The summed E-state index contributed by atoms with van der Waals surface area (Å²) in [6.45, 7) is 0. The van der Waals surface area contributed by atoms with Crippen LogP contribution in [0.25, 0.3) is 0 Å². The van der Waals surface area contributed by atoms with Crippen LogP contribution in [0.4, 0.5) is 5.69 Å². The van der Waals surface area contributed by atoms with Gasteiger partial charge in [-0.15, -0.1) is 11.8 Å². The summed E-state index contributed by atoms with van der Waals surface area (Å²) in [6.07, 6.45) is 3.14. The second-order valence-corrected chi connectivity index (χ2v) is 5.23. The van der Waals surface area contributed by atoms with Gasteiger partial charge in [-0.1, -0.05) is 6.07 Å². The van der Waals surface area contributed by atoms with Crippen LogP contribution < -0.4 is 0 Å². The minimum Gasteiger partial charge on any atom is -0.258 e. The molecule has 1 heterocycles. The molecule has 0 atom stereocenters. The zero-order valence-electron chi connectivity index (χ0n) is 9.12. The molecule has 0 spiro atoms. The summed E-state index contributed by atoms with van der Waals surface area (Å²) in [4.78, 5) is 18.3. The van der Waals surface area contributed by atoms with Crippen molar-refractivity contribution in [1.82, 2.24) is 9.97 Å². The maximum atomic E-state index is 10.8. The summed E-state index contributed by atoms with van der Waals surface area (Å²) < 4.78 is 0.489. The predicted octanol–water partition coefficient (Wildman–Crippen LogP) is 3.44. The summed E-state index contributed by atoms with van der Waals surface area (Å²) >= 11 is 4.67. The summed E-state index contributed by atoms with van der Waals surface area (Å²) in [7, 11) is 0. The highest BCUT2D eigenvalue weighted by molar-refractivity contribution is 9.10. The third-order valence-corrected chi connectivity index (χ3v) is 3.83. The van der Waals surface area contributed by atoms with Crippen molar-refractivity contribution in [3.05, 3.63) is 56.9 Å². The lowest BCUT2D eigenvalue weighted by Crippen LogP contribution is -1.91. The Morgan fingerprint density at radius 1 is 1.39 bits per heavy atom. The van der Waals surface area contributed by atoms with E-state index in [1.807, 2.05) is 6.07 Å². The molecule has 92 valence electrons. The Balaban J connectivity index is 2.11. The molecular weight excluding hydrogens is 318 g/mol. The van der Waals surface area contributed by atoms with Crippen molar-refractivity contribution in [2.75, 3.05) is 0 Å². The standard InChI is InChI=1S/C11H8BrN3O2S/c12-9-2-1-8(5-10(9)15(16)17)6-18-11-3-4-13-7-14-11/h1-5,7H,6H2. The number of benzene rings is 1. The van der Waals surface area contributed by atoms with Gasteiger partial charge < -0.3 is 0 Å². The van der Waals surface area contributed by atoms with E-state index in [0.717, 1.165) is 10.6 Å². The lowest BCUT2D eigenvalue weighted by molar-refractivity contribution is -0.385. The van der Waals surface area contributed by atoms with Crippen molar-refractivity contribution in [3.63, 3.8) is 0 Å². The second kappa shape index (κ2) is 5.92. The zero-order valence-corrected chi connectivity index (χ0v) is 11.5. The topological polar surface area (TPSA) is 68.9 Å². The van der Waals surface area contributed by atoms with Crippen LogP contribution in [0.5, 0.6) is 0 Å². The van der Waals surface area contributed by atoms with Gasteiger partial charge in [0.2, 0.25) is 0 Å². The van der Waals surface area contributed by atoms with E-state index in [1.165, 1.54) is 18.1 Å². The average molecular weight is 326 g/mol. The van der Waals surface area contributed by atoms with E-state index in [-0.39, 0.29) is 5.69 Å². The SMILES string of the molecule is O=[N+]([O-])c1cc(CSc2ccncn2)ccc1Br. The smallest absolute Gasteiger partial charge is 0.258 e. The molecule has 0 N–H and O–H groups in total. The van der Waals surface area contributed by atoms with Crippen molar-refractivity contribution < 1.29 is 4.92 Å². The van der Waals surface area contributed by atoms with E-state index < -0.39 is 4.92 Å². The number of nitro benzene ring substituents is 1. The Hall–Kier alpha value is -1.47. The Labute approximate surface area is 116 Å². The van der Waals surface area contributed by atoms with Gasteiger partial charge in [-0.05, 0) is 33.6 Å². The third kappa shape index (κ3) is 3.27. The van der Waals surface area contributed by atoms with Crippen LogP contribution in [0.15, 0.2) is 46.3 Å². The van der Waals surface area contributed by atoms with Gasteiger partial charge in [0, 0.05) is 18.0 Å². The predicted molar refractivity (Wildman–Crippen MR) is 72.4 cm³/mol. The van der Waals surface area contributed by atoms with E-state index >= 15 is 0 Å². The van der Waals surface area contributed by atoms with Gasteiger partial charge in [0.25, 0.3) is 5.69 Å². The molecule has 2 rings (SSSR count). The summed E-state index contributed by atoms with van der Waals surface area (Å²) in [5.41, 5.74) is 0.962. The molecule has 0 saturated heterocycles. The first-order valence-electron chi connectivity index (χ1n) is 4.98. The van der Waals surface area contributed by atoms with Gasteiger partial charge in [0.15, 0.2) is 0 Å². The van der Waals surface area contributed by atoms with Crippen molar-refractivity contribution >= 4 is 33.4 Å². The lowest BCUT2D eigenvalue weighted by atomic mass is 10.2. The van der Waals surface area contributed by atoms with E-state index in [1.54, 1.807) is 24.4 Å². The van der Waals surface area contributed by atoms with Crippen LogP contribution in [0.1, 0.15) is 5.56 Å². The minimum absolute atomic E-state index is 0.0794. The first kappa shape index (κ1) is 13.0. The van der Waals surface area contributed by atoms with Gasteiger partial charge in [-0.2, -0.15) is 0 Å². The first-order chi connectivity index (χ1) is 8.66. The molecule has 0 fully saturated rings. The number of nitrogens with zero attached hydrogens (tertiary/aromatic N) is 3. The summed E-state index contributed by atoms with van der Waals surface area (Å²) in [5, 5.41) is 11.6. The highest BCUT2D eigenvalue weighted by Gasteiger charge is 2.12. The molecule has 0 saturated carbocycles. The van der Waals surface area contributed by atoms with Crippen molar-refractivity contribution in [1.29, 1.82) is 0 Å². The molecule has 7 heteroatoms. The van der Waals surface area contributed by atoms with E-state index in [2.05, 4.69) is 25.9 Å². The van der Waals surface area contributed by atoms with Crippen LogP contribution in [0, 0.1) is 10.1 Å². The van der Waals surface area contributed by atoms with Crippen LogP contribution in [-0.2, 0) is 5.75 Å². The Bertz CT molecular complexity index is 565. The molecule has 0 aliphatic carbocycles. The largest absolute Gasteiger partial charge is 0.283 e. The average Bonchev–Trinajstić information content (AvgIpc) is 2.38. The molecule has 2 aromatic rings. The Morgan fingerprint density at radius 2 is 2.22 bits per heavy atom. The van der Waals surface area contributed by atoms with E-state index in [0.29, 0.717) is 10.2 Å². The minimum atomic E-state index is -0.400. The normalized spacial score (nSPS) is 10.3. The fourth-order valence-electron chi connectivity index (χ4n) is 1.31. The zero-order chi connectivity index (χ0) is 13.0. The van der Waals surface area contributed by atoms with E-state index in [4.69, 9.17) is 0 Å². The number of hydrogen-bond donors (Lipinski definition) is 0. The highest BCUT2D eigenvalue weighted by atomic mass is 79.9. The molecule has 0 amide bonds. The number of halogens is 1. The molecule has 0 bridgehead atoms. The number of nitro groups is 1. The molecule has 0 aliphatic heterocycles. The molecule has 0 aliphatic rings. The van der Waals surface area contributed by atoms with Crippen LogP contribution in [0.2, 0.25) is 0 Å². The molecule has 1 aromatic heterocycles. The quantitative estimate of drug-likeness (QED) is 0.373. The van der Waals surface area contributed by atoms with E-state index in [9.17, 15) is 10.1 Å². The van der Waals surface area contributed by atoms with Crippen molar-refractivity contribution in [2.45, 2.75) is 10.8 Å². The Kier molecular flexibility index (Phi) is 4.27. The van der Waals surface area contributed by atoms with Gasteiger partial charge in [0.1, 0.15) is 6.33 Å². The molecule has 0 radical (unpaired) electrons. The maximum absolute atomic E-state index is 10.8. The van der Waals surface area contributed by atoms with Crippen LogP contribution >= 0.6 is 27.7 Å². The first-order valence-corrected chi connectivity index (χ1v) is 6.76. The van der Waals surface area contributed by atoms with Crippen LogP contribution in [0.3, 0.4) is 0 Å². The van der Waals surface area contributed by atoms with Crippen LogP contribution in [-0.4, -0.2) is 14.9 Å². The fourth-order valence-corrected chi connectivity index (χ4v) is 2.47. The highest BCUT2D eigenvalue weighted by Crippen LogP contribution is 2.28. The maximum Gasteiger partial charge on any atom is 0.283 e. The number of aromatic nitrogens is 2. The lowest BCUT2D eigenvalue weighted by Gasteiger charge is -2.02. The molecule has 18 heavy (non-hydrogen) atoms. The number of hydrogen-bond acceptors (Lipinski definition) is 5.